The van der Waals surface area contributed by atoms with E-state index in [0.717, 1.165) is 11.7 Å². The molecule has 2 aromatic carbocycles. The number of sulfonamides is 1. The van der Waals surface area contributed by atoms with Gasteiger partial charge in [-0.2, -0.15) is 13.1 Å². The summed E-state index contributed by atoms with van der Waals surface area (Å²) in [6.07, 6.45) is 0.862. The van der Waals surface area contributed by atoms with Crippen molar-refractivity contribution in [2.24, 2.45) is 5.92 Å². The predicted molar refractivity (Wildman–Crippen MR) is 116 cm³/mol. The molecule has 0 radical (unpaired) electrons. The van der Waals surface area contributed by atoms with Crippen molar-refractivity contribution >= 4 is 56.0 Å². The number of hydrogen-bond acceptors (Lipinski definition) is 7. The molecule has 1 amide bonds. The van der Waals surface area contributed by atoms with E-state index >= 15 is 0 Å². The monoisotopic (exact) mass is 466 g/mol. The Morgan fingerprint density at radius 3 is 2.70 bits per heavy atom. The number of carbonyl (C=O) groups excluding carboxylic acids is 1. The van der Waals surface area contributed by atoms with Crippen LogP contribution in [0.15, 0.2) is 41.3 Å². The quantitative estimate of drug-likeness (QED) is 0.618. The summed E-state index contributed by atoms with van der Waals surface area (Å²) in [4.78, 5) is 12.8. The Morgan fingerprint density at radius 2 is 2.00 bits per heavy atom. The number of carbonyl (C=O) groups is 1. The number of methoxy groups -OCH3 is 1. The third kappa shape index (κ3) is 4.00. The van der Waals surface area contributed by atoms with E-state index < -0.39 is 10.0 Å². The molecule has 3 aromatic rings. The lowest BCUT2D eigenvalue weighted by atomic mass is 9.97. The topological polar surface area (TPSA) is 101 Å². The van der Waals surface area contributed by atoms with Gasteiger partial charge in [0.25, 0.3) is 0 Å². The smallest absolute Gasteiger partial charge is 0.245 e. The van der Waals surface area contributed by atoms with E-state index in [1.165, 1.54) is 11.4 Å². The number of fused-ring (bicyclic) bond motifs is 1. The van der Waals surface area contributed by atoms with Crippen molar-refractivity contribution in [2.75, 3.05) is 25.5 Å². The SMILES string of the molecule is COc1ccc(NC(=O)C2CCN(S(=O)(=O)c3cccc4nsnc34)CC2)cc1Cl. The van der Waals surface area contributed by atoms with E-state index in [9.17, 15) is 13.2 Å². The van der Waals surface area contributed by atoms with Crippen LogP contribution in [0.25, 0.3) is 11.0 Å². The Morgan fingerprint density at radius 1 is 1.23 bits per heavy atom. The number of halogens is 1. The highest BCUT2D eigenvalue weighted by molar-refractivity contribution is 7.89. The summed E-state index contributed by atoms with van der Waals surface area (Å²) in [6, 6.07) is 9.97. The Labute approximate surface area is 183 Å². The molecule has 8 nitrogen and oxygen atoms in total. The number of piperidine rings is 1. The molecule has 0 atom stereocenters. The van der Waals surface area contributed by atoms with E-state index in [4.69, 9.17) is 16.3 Å². The van der Waals surface area contributed by atoms with Crippen LogP contribution >= 0.6 is 23.3 Å². The van der Waals surface area contributed by atoms with Crippen molar-refractivity contribution in [1.29, 1.82) is 0 Å². The number of hydrogen-bond donors (Lipinski definition) is 1. The van der Waals surface area contributed by atoms with Gasteiger partial charge in [-0.25, -0.2) is 8.42 Å². The third-order valence-electron chi connectivity index (χ3n) is 5.11. The van der Waals surface area contributed by atoms with Crippen LogP contribution in [0.5, 0.6) is 5.75 Å². The number of rotatable bonds is 5. The fourth-order valence-electron chi connectivity index (χ4n) is 3.48. The lowest BCUT2D eigenvalue weighted by molar-refractivity contribution is -0.120. The van der Waals surface area contributed by atoms with Crippen molar-refractivity contribution in [3.05, 3.63) is 41.4 Å². The number of amides is 1. The fraction of sp³-hybridized carbons (Fsp3) is 0.316. The maximum absolute atomic E-state index is 13.1. The van der Waals surface area contributed by atoms with E-state index in [1.54, 1.807) is 36.4 Å². The number of nitrogens with one attached hydrogen (secondary N) is 1. The Kier molecular flexibility index (Phi) is 5.92. The van der Waals surface area contributed by atoms with Crippen LogP contribution in [0.3, 0.4) is 0 Å². The summed E-state index contributed by atoms with van der Waals surface area (Å²) in [6.45, 7) is 0.523. The molecule has 1 N–H and O–H groups in total. The van der Waals surface area contributed by atoms with Gasteiger partial charge in [-0.1, -0.05) is 17.7 Å². The lowest BCUT2D eigenvalue weighted by Gasteiger charge is -2.30. The predicted octanol–water partition coefficient (Wildman–Crippen LogP) is 3.39. The lowest BCUT2D eigenvalue weighted by Crippen LogP contribution is -2.41. The molecule has 1 aliphatic rings. The molecule has 1 aliphatic heterocycles. The number of ether oxygens (including phenoxy) is 1. The summed E-state index contributed by atoms with van der Waals surface area (Å²) in [5.74, 6) is 0.0895. The molecule has 4 rings (SSSR count). The molecule has 2 heterocycles. The minimum atomic E-state index is -3.71. The first-order valence-electron chi connectivity index (χ1n) is 9.26. The van der Waals surface area contributed by atoms with Gasteiger partial charge in [-0.3, -0.25) is 4.79 Å². The minimum Gasteiger partial charge on any atom is -0.495 e. The van der Waals surface area contributed by atoms with Gasteiger partial charge in [-0.15, -0.1) is 0 Å². The minimum absolute atomic E-state index is 0.154. The van der Waals surface area contributed by atoms with Gasteiger partial charge in [-0.05, 0) is 43.2 Å². The van der Waals surface area contributed by atoms with Crippen LogP contribution in [0.1, 0.15) is 12.8 Å². The molecule has 0 spiro atoms. The van der Waals surface area contributed by atoms with Crippen LogP contribution < -0.4 is 10.1 Å². The molecule has 0 aliphatic carbocycles. The summed E-state index contributed by atoms with van der Waals surface area (Å²) in [5, 5.41) is 3.25. The Balaban J connectivity index is 1.42. The second-order valence-corrected chi connectivity index (χ2v) is 9.75. The van der Waals surface area contributed by atoms with Crippen LogP contribution in [-0.2, 0) is 14.8 Å². The molecule has 1 saturated heterocycles. The number of aromatic nitrogens is 2. The molecule has 0 saturated carbocycles. The summed E-state index contributed by atoms with van der Waals surface area (Å²) in [7, 11) is -2.18. The van der Waals surface area contributed by atoms with Crippen LogP contribution in [0.2, 0.25) is 5.02 Å². The van der Waals surface area contributed by atoms with Crippen LogP contribution in [0, 0.1) is 5.92 Å². The summed E-state index contributed by atoms with van der Waals surface area (Å²) >= 11 is 7.09. The molecular formula is C19H19ClN4O4S2. The third-order valence-corrected chi connectivity index (χ3v) is 7.88. The van der Waals surface area contributed by atoms with E-state index in [0.29, 0.717) is 40.3 Å². The molecular weight excluding hydrogens is 448 g/mol. The van der Waals surface area contributed by atoms with Gasteiger partial charge >= 0.3 is 0 Å². The largest absolute Gasteiger partial charge is 0.495 e. The average molecular weight is 467 g/mol. The fourth-order valence-corrected chi connectivity index (χ4v) is 5.96. The number of nitrogens with zero attached hydrogens (tertiary/aromatic N) is 3. The van der Waals surface area contributed by atoms with Crippen molar-refractivity contribution < 1.29 is 17.9 Å². The van der Waals surface area contributed by atoms with E-state index in [1.807, 2.05) is 0 Å². The van der Waals surface area contributed by atoms with Gasteiger partial charge < -0.3 is 10.1 Å². The highest BCUT2D eigenvalue weighted by atomic mass is 35.5. The van der Waals surface area contributed by atoms with Gasteiger partial charge in [0.15, 0.2) is 0 Å². The Hall–Kier alpha value is -2.27. The first kappa shape index (κ1) is 21.0. The van der Waals surface area contributed by atoms with Crippen molar-refractivity contribution in [1.82, 2.24) is 13.1 Å². The molecule has 30 heavy (non-hydrogen) atoms. The molecule has 0 unspecified atom stereocenters. The summed E-state index contributed by atoms with van der Waals surface area (Å²) in [5.41, 5.74) is 1.52. The molecule has 1 aromatic heterocycles. The molecule has 0 bridgehead atoms. The summed E-state index contributed by atoms with van der Waals surface area (Å²) < 4.78 is 41.0. The van der Waals surface area contributed by atoms with Gasteiger partial charge in [0.1, 0.15) is 21.7 Å². The highest BCUT2D eigenvalue weighted by Gasteiger charge is 2.33. The second kappa shape index (κ2) is 8.46. The zero-order valence-electron chi connectivity index (χ0n) is 16.0. The van der Waals surface area contributed by atoms with Gasteiger partial charge in [0.05, 0.1) is 23.9 Å². The first-order valence-corrected chi connectivity index (χ1v) is 11.8. The zero-order chi connectivity index (χ0) is 21.3. The average Bonchev–Trinajstić information content (AvgIpc) is 3.23. The first-order chi connectivity index (χ1) is 14.4. The van der Waals surface area contributed by atoms with Crippen LogP contribution in [-0.4, -0.2) is 47.6 Å². The Bertz CT molecular complexity index is 1190. The van der Waals surface area contributed by atoms with Crippen LogP contribution in [0.4, 0.5) is 5.69 Å². The molecule has 1 fully saturated rings. The van der Waals surface area contributed by atoms with Crippen molar-refractivity contribution in [2.45, 2.75) is 17.7 Å². The van der Waals surface area contributed by atoms with E-state index in [-0.39, 0.29) is 29.8 Å². The van der Waals surface area contributed by atoms with E-state index in [2.05, 4.69) is 14.1 Å². The van der Waals surface area contributed by atoms with Crippen molar-refractivity contribution in [3.8, 4) is 5.75 Å². The molecule has 158 valence electrons. The number of benzene rings is 2. The normalized spacial score (nSPS) is 15.9. The van der Waals surface area contributed by atoms with Gasteiger partial charge in [0, 0.05) is 24.7 Å². The standard InChI is InChI=1S/C19H19ClN4O4S2/c1-28-16-6-5-13(11-14(16)20)21-19(25)12-7-9-24(10-8-12)30(26,27)17-4-2-3-15-18(17)23-29-22-15/h2-6,11-12H,7-10H2,1H3,(H,21,25). The zero-order valence-corrected chi connectivity index (χ0v) is 18.4. The number of anilines is 1. The highest BCUT2D eigenvalue weighted by Crippen LogP contribution is 2.30. The van der Waals surface area contributed by atoms with Gasteiger partial charge in [0.2, 0.25) is 15.9 Å². The van der Waals surface area contributed by atoms with Crippen molar-refractivity contribution in [3.63, 3.8) is 0 Å². The molecule has 11 heteroatoms. The maximum atomic E-state index is 13.1. The second-order valence-electron chi connectivity index (χ2n) is 6.91. The maximum Gasteiger partial charge on any atom is 0.245 e.